The number of hydrogen-bond donors (Lipinski definition) is 0. The van der Waals surface area contributed by atoms with Gasteiger partial charge in [0.15, 0.2) is 0 Å². The van der Waals surface area contributed by atoms with Gasteiger partial charge in [-0.25, -0.2) is 0 Å². The average Bonchev–Trinajstić information content (AvgIpc) is 2.05. The number of non-ortho nitro benzene ring substituents is 1. The fourth-order valence-electron chi connectivity index (χ4n) is 0.729. The molecule has 4 nitrogen and oxygen atoms in total. The summed E-state index contributed by atoms with van der Waals surface area (Å²) in [7, 11) is 0. The molecule has 0 aliphatic heterocycles. The van der Waals surface area contributed by atoms with Gasteiger partial charge < -0.3 is 0 Å². The Labute approximate surface area is 76.4 Å². The minimum atomic E-state index is -0.460. The summed E-state index contributed by atoms with van der Waals surface area (Å²) in [6.07, 6.45) is 0. The summed E-state index contributed by atoms with van der Waals surface area (Å²) in [6.45, 7) is 0. The molecule has 0 amide bonds. The average molecular weight is 227 g/mol. The van der Waals surface area contributed by atoms with Crippen molar-refractivity contribution < 1.29 is 4.92 Å². The van der Waals surface area contributed by atoms with E-state index in [9.17, 15) is 10.1 Å². The Morgan fingerprint density at radius 1 is 1.58 bits per heavy atom. The van der Waals surface area contributed by atoms with Crippen LogP contribution in [-0.4, -0.2) is 25.2 Å². The van der Waals surface area contributed by atoms with Crippen molar-refractivity contribution in [1.82, 2.24) is 0 Å². The van der Waals surface area contributed by atoms with Gasteiger partial charge in [0.1, 0.15) is 0 Å². The molecule has 1 rings (SSSR count). The standard InChI is InChI=1S/C7H4N2O2Se/c10-9(11)7-3-1-2-6(4-7)8-5-12/h1-4H. The van der Waals surface area contributed by atoms with Crippen molar-refractivity contribution in [2.45, 2.75) is 0 Å². The molecule has 0 aliphatic carbocycles. The van der Waals surface area contributed by atoms with E-state index in [2.05, 4.69) is 25.3 Å². The molecule has 1 aromatic rings. The van der Waals surface area contributed by atoms with Crippen molar-refractivity contribution in [2.75, 3.05) is 0 Å². The van der Waals surface area contributed by atoms with Crippen molar-refractivity contribution >= 4 is 31.7 Å². The van der Waals surface area contributed by atoms with Crippen LogP contribution in [0.25, 0.3) is 0 Å². The third-order valence-electron chi connectivity index (χ3n) is 1.22. The van der Waals surface area contributed by atoms with Crippen LogP contribution in [0.2, 0.25) is 0 Å². The number of nitrogens with zero attached hydrogens (tertiary/aromatic N) is 2. The van der Waals surface area contributed by atoms with E-state index < -0.39 is 4.92 Å². The summed E-state index contributed by atoms with van der Waals surface area (Å²) >= 11 is 2.45. The van der Waals surface area contributed by atoms with Crippen LogP contribution in [0.5, 0.6) is 0 Å². The molecule has 0 heterocycles. The number of benzene rings is 1. The Morgan fingerprint density at radius 2 is 2.33 bits per heavy atom. The molecular formula is C7H4N2O2Se. The Hall–Kier alpha value is -1.28. The fraction of sp³-hybridized carbons (Fsp3) is 0. The van der Waals surface area contributed by atoms with Gasteiger partial charge >= 0.3 is 76.0 Å². The third-order valence-corrected chi connectivity index (χ3v) is 1.41. The van der Waals surface area contributed by atoms with Gasteiger partial charge in [-0.2, -0.15) is 0 Å². The van der Waals surface area contributed by atoms with E-state index in [1.165, 1.54) is 12.1 Å². The predicted octanol–water partition coefficient (Wildman–Crippen LogP) is 1.30. The van der Waals surface area contributed by atoms with Crippen LogP contribution in [0, 0.1) is 10.1 Å². The molecule has 0 atom stereocenters. The zero-order chi connectivity index (χ0) is 8.97. The molecule has 0 radical (unpaired) electrons. The quantitative estimate of drug-likeness (QED) is 0.331. The Kier molecular flexibility index (Phi) is 2.88. The molecule has 0 bridgehead atoms. The molecule has 0 spiro atoms. The Bertz CT molecular complexity index is 341. The first-order chi connectivity index (χ1) is 5.74. The maximum absolute atomic E-state index is 10.3. The first-order valence-corrected chi connectivity index (χ1v) is 3.92. The minimum absolute atomic E-state index is 0.0338. The Balaban J connectivity index is 3.11. The molecule has 1 aromatic carbocycles. The predicted molar refractivity (Wildman–Crippen MR) is 45.9 cm³/mol. The molecule has 60 valence electrons. The normalized spacial score (nSPS) is 8.67. The van der Waals surface area contributed by atoms with Gasteiger partial charge in [-0.3, -0.25) is 0 Å². The van der Waals surface area contributed by atoms with Crippen molar-refractivity contribution in [3.63, 3.8) is 0 Å². The summed E-state index contributed by atoms with van der Waals surface area (Å²) in [5, 5.41) is 10.3. The van der Waals surface area contributed by atoms with Crippen LogP contribution in [0.15, 0.2) is 29.3 Å². The van der Waals surface area contributed by atoms with Crippen LogP contribution in [0.1, 0.15) is 0 Å². The van der Waals surface area contributed by atoms with Crippen molar-refractivity contribution in [3.05, 3.63) is 34.4 Å². The first-order valence-electron chi connectivity index (χ1n) is 3.06. The third kappa shape index (κ3) is 2.10. The van der Waals surface area contributed by atoms with E-state index in [1.54, 1.807) is 12.1 Å². The Morgan fingerprint density at radius 3 is 2.92 bits per heavy atom. The molecular weight excluding hydrogens is 223 g/mol. The number of hydrogen-bond acceptors (Lipinski definition) is 3. The van der Waals surface area contributed by atoms with Gasteiger partial charge in [0, 0.05) is 0 Å². The van der Waals surface area contributed by atoms with Gasteiger partial charge in [0.25, 0.3) is 0 Å². The van der Waals surface area contributed by atoms with Gasteiger partial charge in [0.2, 0.25) is 0 Å². The van der Waals surface area contributed by atoms with E-state index in [-0.39, 0.29) is 5.69 Å². The number of aliphatic imine (C=N–C) groups is 1. The fourth-order valence-corrected chi connectivity index (χ4v) is 0.950. The van der Waals surface area contributed by atoms with E-state index in [0.717, 1.165) is 0 Å². The summed E-state index contributed by atoms with van der Waals surface area (Å²) in [5.41, 5.74) is 0.550. The SMILES string of the molecule is O=[N+]([O-])c1cccc(N=C=[Se])c1. The molecule has 0 fully saturated rings. The van der Waals surface area contributed by atoms with Crippen LogP contribution >= 0.6 is 0 Å². The first kappa shape index (κ1) is 8.81. The zero-order valence-electron chi connectivity index (χ0n) is 5.93. The summed E-state index contributed by atoms with van der Waals surface area (Å²) in [6, 6.07) is 6.04. The molecule has 0 aromatic heterocycles. The number of rotatable bonds is 2. The van der Waals surface area contributed by atoms with Gasteiger partial charge in [0.05, 0.1) is 0 Å². The molecule has 0 N–H and O–H groups in total. The van der Waals surface area contributed by atoms with Crippen LogP contribution < -0.4 is 0 Å². The van der Waals surface area contributed by atoms with E-state index in [1.807, 2.05) is 0 Å². The molecule has 12 heavy (non-hydrogen) atoms. The van der Waals surface area contributed by atoms with Gasteiger partial charge in [-0.05, 0) is 0 Å². The topological polar surface area (TPSA) is 55.5 Å². The monoisotopic (exact) mass is 228 g/mol. The van der Waals surface area contributed by atoms with Crippen LogP contribution in [-0.2, 0) is 0 Å². The zero-order valence-corrected chi connectivity index (χ0v) is 7.64. The molecule has 0 aliphatic rings. The number of nitro benzene ring substituents is 1. The molecule has 0 saturated heterocycles. The van der Waals surface area contributed by atoms with Crippen molar-refractivity contribution in [3.8, 4) is 0 Å². The number of nitro groups is 1. The van der Waals surface area contributed by atoms with E-state index in [0.29, 0.717) is 5.69 Å². The van der Waals surface area contributed by atoms with Gasteiger partial charge in [-0.1, -0.05) is 0 Å². The van der Waals surface area contributed by atoms with Crippen molar-refractivity contribution in [2.24, 2.45) is 4.99 Å². The molecule has 5 heteroatoms. The summed E-state index contributed by atoms with van der Waals surface area (Å²) in [5.74, 6) is 0. The van der Waals surface area contributed by atoms with Crippen LogP contribution in [0.3, 0.4) is 0 Å². The van der Waals surface area contributed by atoms with Gasteiger partial charge in [-0.15, -0.1) is 0 Å². The second kappa shape index (κ2) is 3.93. The second-order valence-corrected chi connectivity index (χ2v) is 2.36. The summed E-state index contributed by atoms with van der Waals surface area (Å²) in [4.78, 5) is 13.6. The summed E-state index contributed by atoms with van der Waals surface area (Å²) < 4.78 is 2.43. The van der Waals surface area contributed by atoms with Crippen molar-refractivity contribution in [1.29, 1.82) is 0 Å². The van der Waals surface area contributed by atoms with Crippen LogP contribution in [0.4, 0.5) is 11.4 Å². The maximum atomic E-state index is 10.3. The van der Waals surface area contributed by atoms with E-state index in [4.69, 9.17) is 0 Å². The second-order valence-electron chi connectivity index (χ2n) is 1.98. The van der Waals surface area contributed by atoms with E-state index >= 15 is 0 Å². The molecule has 0 unspecified atom stereocenters. The molecule has 0 saturated carbocycles.